The zero-order valence-electron chi connectivity index (χ0n) is 9.84. The van der Waals surface area contributed by atoms with Crippen molar-refractivity contribution in [3.05, 3.63) is 0 Å². The average Bonchev–Trinajstić information content (AvgIpc) is 2.14. The number of rotatable bonds is 7. The Morgan fingerprint density at radius 1 is 1.24 bits per heavy atom. The normalized spacial score (nSPS) is 14.1. The third kappa shape index (κ3) is 6.52. The molecule has 0 aromatic rings. The topological polar surface area (TPSA) is 130 Å². The maximum atomic E-state index is 11.4. The number of carboxylic acids is 2. The molecule has 1 unspecified atom stereocenters. The van der Waals surface area contributed by atoms with Crippen molar-refractivity contribution in [1.82, 2.24) is 5.32 Å². The van der Waals surface area contributed by atoms with E-state index in [0.717, 1.165) is 0 Å². The monoisotopic (exact) mass is 246 g/mol. The van der Waals surface area contributed by atoms with Crippen LogP contribution in [0, 0.1) is 5.92 Å². The molecular weight excluding hydrogens is 228 g/mol. The van der Waals surface area contributed by atoms with Crippen molar-refractivity contribution >= 4 is 17.8 Å². The minimum absolute atomic E-state index is 0.0899. The smallest absolute Gasteiger partial charge is 0.326 e. The van der Waals surface area contributed by atoms with E-state index in [-0.39, 0.29) is 12.3 Å². The molecule has 0 radical (unpaired) electrons. The quantitative estimate of drug-likeness (QED) is 0.474. The van der Waals surface area contributed by atoms with Crippen LogP contribution in [-0.2, 0) is 14.4 Å². The third-order valence-electron chi connectivity index (χ3n) is 2.05. The van der Waals surface area contributed by atoms with Crippen LogP contribution >= 0.6 is 0 Å². The summed E-state index contributed by atoms with van der Waals surface area (Å²) in [5.74, 6) is -3.04. The summed E-state index contributed by atoms with van der Waals surface area (Å²) < 4.78 is 0. The van der Waals surface area contributed by atoms with Gasteiger partial charge in [0.25, 0.3) is 0 Å². The van der Waals surface area contributed by atoms with Crippen molar-refractivity contribution < 1.29 is 24.6 Å². The van der Waals surface area contributed by atoms with Crippen LogP contribution in [0.1, 0.15) is 26.7 Å². The van der Waals surface area contributed by atoms with Gasteiger partial charge in [-0.3, -0.25) is 9.59 Å². The minimum atomic E-state index is -1.23. The van der Waals surface area contributed by atoms with Crippen LogP contribution in [-0.4, -0.2) is 40.1 Å². The number of nitrogens with one attached hydrogen (secondary N) is 1. The highest BCUT2D eigenvalue weighted by molar-refractivity contribution is 5.89. The first-order chi connectivity index (χ1) is 7.73. The molecule has 0 aromatic heterocycles. The molecule has 17 heavy (non-hydrogen) atoms. The molecule has 7 heteroatoms. The zero-order chi connectivity index (χ0) is 13.6. The van der Waals surface area contributed by atoms with Crippen LogP contribution in [0.2, 0.25) is 0 Å². The second-order valence-corrected chi connectivity index (χ2v) is 4.23. The molecule has 0 rings (SSSR count). The predicted molar refractivity (Wildman–Crippen MR) is 59.2 cm³/mol. The first-order valence-electron chi connectivity index (χ1n) is 5.24. The van der Waals surface area contributed by atoms with Gasteiger partial charge in [0.15, 0.2) is 0 Å². The van der Waals surface area contributed by atoms with Crippen molar-refractivity contribution in [3.8, 4) is 0 Å². The van der Waals surface area contributed by atoms with E-state index in [9.17, 15) is 14.4 Å². The number of amides is 1. The summed E-state index contributed by atoms with van der Waals surface area (Å²) in [5, 5.41) is 19.5. The summed E-state index contributed by atoms with van der Waals surface area (Å²) in [4.78, 5) is 32.6. The Balaban J connectivity index is 4.39. The highest BCUT2D eigenvalue weighted by Gasteiger charge is 2.25. The van der Waals surface area contributed by atoms with Crippen LogP contribution in [0.5, 0.6) is 0 Å². The van der Waals surface area contributed by atoms with E-state index in [4.69, 9.17) is 15.9 Å². The Hall–Kier alpha value is -1.63. The van der Waals surface area contributed by atoms with Crippen LogP contribution in [0.3, 0.4) is 0 Å². The molecule has 0 aliphatic carbocycles. The molecule has 5 N–H and O–H groups in total. The Morgan fingerprint density at radius 3 is 2.12 bits per heavy atom. The first-order valence-corrected chi connectivity index (χ1v) is 5.24. The molecule has 0 heterocycles. The third-order valence-corrected chi connectivity index (χ3v) is 2.05. The number of hydrogen-bond acceptors (Lipinski definition) is 4. The van der Waals surface area contributed by atoms with Gasteiger partial charge in [-0.05, 0) is 12.3 Å². The fourth-order valence-electron chi connectivity index (χ4n) is 1.25. The summed E-state index contributed by atoms with van der Waals surface area (Å²) in [6.45, 7) is 3.64. The Bertz CT molecular complexity index is 303. The lowest BCUT2D eigenvalue weighted by Gasteiger charge is -2.18. The van der Waals surface area contributed by atoms with Gasteiger partial charge in [-0.1, -0.05) is 13.8 Å². The van der Waals surface area contributed by atoms with Gasteiger partial charge in [-0.15, -0.1) is 0 Å². The van der Waals surface area contributed by atoms with Crippen LogP contribution in [0.25, 0.3) is 0 Å². The predicted octanol–water partition coefficient (Wildman–Crippen LogP) is -0.596. The fourth-order valence-corrected chi connectivity index (χ4v) is 1.25. The summed E-state index contributed by atoms with van der Waals surface area (Å²) in [7, 11) is 0. The Labute approximate surface area is 99.0 Å². The summed E-state index contributed by atoms with van der Waals surface area (Å²) in [5.41, 5.74) is 5.31. The van der Waals surface area contributed by atoms with E-state index in [2.05, 4.69) is 5.32 Å². The van der Waals surface area contributed by atoms with E-state index in [1.807, 2.05) is 13.8 Å². The average molecular weight is 246 g/mol. The second kappa shape index (κ2) is 6.85. The van der Waals surface area contributed by atoms with E-state index >= 15 is 0 Å². The SMILES string of the molecule is CC(C)C[C@@H](NC(=O)C(N)CC(=O)O)C(=O)O. The molecular formula is C10H18N2O5. The van der Waals surface area contributed by atoms with E-state index in [1.165, 1.54) is 0 Å². The van der Waals surface area contributed by atoms with E-state index in [1.54, 1.807) is 0 Å². The lowest BCUT2D eigenvalue weighted by Crippen LogP contribution is -2.49. The maximum Gasteiger partial charge on any atom is 0.326 e. The molecule has 0 saturated heterocycles. The standard InChI is InChI=1S/C10H18N2O5/c1-5(2)3-7(10(16)17)12-9(15)6(11)4-8(13)14/h5-7H,3-4,11H2,1-2H3,(H,12,15)(H,13,14)(H,16,17)/t6?,7-/m1/s1. The lowest BCUT2D eigenvalue weighted by atomic mass is 10.0. The van der Waals surface area contributed by atoms with Crippen LogP contribution in [0.15, 0.2) is 0 Å². The summed E-state index contributed by atoms with van der Waals surface area (Å²) >= 11 is 0. The van der Waals surface area contributed by atoms with Crippen molar-refractivity contribution in [1.29, 1.82) is 0 Å². The largest absolute Gasteiger partial charge is 0.481 e. The van der Waals surface area contributed by atoms with Gasteiger partial charge in [0.1, 0.15) is 6.04 Å². The summed E-state index contributed by atoms with van der Waals surface area (Å²) in [6.07, 6.45) is -0.263. The first kappa shape index (κ1) is 15.4. The minimum Gasteiger partial charge on any atom is -0.481 e. The molecule has 7 nitrogen and oxygen atoms in total. The number of nitrogens with two attached hydrogens (primary N) is 1. The highest BCUT2D eigenvalue weighted by Crippen LogP contribution is 2.05. The van der Waals surface area contributed by atoms with Crippen LogP contribution < -0.4 is 11.1 Å². The second-order valence-electron chi connectivity index (χ2n) is 4.23. The van der Waals surface area contributed by atoms with Crippen molar-refractivity contribution in [2.75, 3.05) is 0 Å². The van der Waals surface area contributed by atoms with Gasteiger partial charge in [-0.2, -0.15) is 0 Å². The number of aliphatic carboxylic acids is 2. The number of carboxylic acid groups (broad SMARTS) is 2. The Kier molecular flexibility index (Phi) is 6.19. The molecule has 0 aromatic carbocycles. The van der Waals surface area contributed by atoms with Gasteiger partial charge in [0, 0.05) is 0 Å². The van der Waals surface area contributed by atoms with Crippen molar-refractivity contribution in [2.24, 2.45) is 11.7 Å². The molecule has 0 aliphatic heterocycles. The molecule has 0 spiro atoms. The van der Waals surface area contributed by atoms with Gasteiger partial charge >= 0.3 is 11.9 Å². The van der Waals surface area contributed by atoms with Gasteiger partial charge < -0.3 is 21.3 Å². The number of carbonyl (C=O) groups excluding carboxylic acids is 1. The van der Waals surface area contributed by atoms with Crippen molar-refractivity contribution in [2.45, 2.75) is 38.8 Å². The lowest BCUT2D eigenvalue weighted by molar-refractivity contribution is -0.143. The molecule has 1 amide bonds. The molecule has 0 bridgehead atoms. The molecule has 0 aliphatic rings. The fraction of sp³-hybridized carbons (Fsp3) is 0.700. The van der Waals surface area contributed by atoms with Gasteiger partial charge in [0.2, 0.25) is 5.91 Å². The van der Waals surface area contributed by atoms with Crippen LogP contribution in [0.4, 0.5) is 0 Å². The van der Waals surface area contributed by atoms with E-state index < -0.39 is 36.4 Å². The van der Waals surface area contributed by atoms with E-state index in [0.29, 0.717) is 0 Å². The van der Waals surface area contributed by atoms with Crippen molar-refractivity contribution in [3.63, 3.8) is 0 Å². The highest BCUT2D eigenvalue weighted by atomic mass is 16.4. The summed E-state index contributed by atoms with van der Waals surface area (Å²) in [6, 6.07) is -2.27. The number of carbonyl (C=O) groups is 3. The zero-order valence-corrected chi connectivity index (χ0v) is 9.84. The maximum absolute atomic E-state index is 11.4. The van der Waals surface area contributed by atoms with Gasteiger partial charge in [-0.25, -0.2) is 4.79 Å². The molecule has 0 saturated carbocycles. The molecule has 2 atom stereocenters. The van der Waals surface area contributed by atoms with Gasteiger partial charge in [0.05, 0.1) is 12.5 Å². The number of hydrogen-bond donors (Lipinski definition) is 4. The molecule has 98 valence electrons. The molecule has 0 fully saturated rings. The Morgan fingerprint density at radius 2 is 1.76 bits per heavy atom.